The minimum absolute atomic E-state index is 0.0394. The second kappa shape index (κ2) is 6.48. The molecule has 4 nitrogen and oxygen atoms in total. The number of fused-ring (bicyclic) bond motifs is 2. The number of hydrogen-bond donors (Lipinski definition) is 1. The van der Waals surface area contributed by atoms with Gasteiger partial charge in [0.25, 0.3) is 0 Å². The van der Waals surface area contributed by atoms with E-state index < -0.39 is 0 Å². The molecule has 5 heteroatoms. The Labute approximate surface area is 151 Å². The molecule has 0 radical (unpaired) electrons. The van der Waals surface area contributed by atoms with Gasteiger partial charge in [-0.05, 0) is 35.7 Å². The van der Waals surface area contributed by atoms with Gasteiger partial charge in [-0.3, -0.25) is 0 Å². The van der Waals surface area contributed by atoms with Gasteiger partial charge in [0.05, 0.1) is 15.2 Å². The molecule has 25 heavy (non-hydrogen) atoms. The van der Waals surface area contributed by atoms with Crippen LogP contribution in [0.5, 0.6) is 0 Å². The van der Waals surface area contributed by atoms with E-state index in [9.17, 15) is 4.79 Å². The molecule has 128 valence electrons. The van der Waals surface area contributed by atoms with Crippen molar-refractivity contribution in [2.75, 3.05) is 11.9 Å². The Hall–Kier alpha value is -2.40. The fourth-order valence-electron chi connectivity index (χ4n) is 3.14. The number of thiazole rings is 1. The quantitative estimate of drug-likeness (QED) is 0.705. The molecular weight excluding hydrogens is 330 g/mol. The second-order valence-electron chi connectivity index (χ2n) is 6.76. The van der Waals surface area contributed by atoms with E-state index in [-0.39, 0.29) is 6.03 Å². The summed E-state index contributed by atoms with van der Waals surface area (Å²) in [5.41, 5.74) is 4.41. The standard InChI is InChI=1S/C20H21N3OS/c1-13(2)19-22-17-8-7-16(11-18(17)25-19)21-20(24)23-10-9-14-5-3-4-6-15(14)12-23/h3-8,11,13H,9-10,12H2,1-2H3,(H,21,24). The molecular formula is C20H21N3OS. The predicted octanol–water partition coefficient (Wildman–Crippen LogP) is 5.01. The number of aromatic nitrogens is 1. The van der Waals surface area contributed by atoms with Gasteiger partial charge in [-0.2, -0.15) is 0 Å². The van der Waals surface area contributed by atoms with Crippen LogP contribution >= 0.6 is 11.3 Å². The van der Waals surface area contributed by atoms with Gasteiger partial charge >= 0.3 is 6.03 Å². The van der Waals surface area contributed by atoms with E-state index in [1.165, 1.54) is 11.1 Å². The molecule has 0 bridgehead atoms. The van der Waals surface area contributed by atoms with E-state index in [0.29, 0.717) is 12.5 Å². The molecule has 0 spiro atoms. The average molecular weight is 351 g/mol. The minimum Gasteiger partial charge on any atom is -0.320 e. The molecule has 2 amide bonds. The number of carbonyl (C=O) groups excluding carboxylic acids is 1. The van der Waals surface area contributed by atoms with Crippen LogP contribution in [0.3, 0.4) is 0 Å². The SMILES string of the molecule is CC(C)c1nc2ccc(NC(=O)N3CCc4ccccc4C3)cc2s1. The van der Waals surface area contributed by atoms with Gasteiger partial charge in [-0.15, -0.1) is 11.3 Å². The fourth-order valence-corrected chi connectivity index (χ4v) is 4.15. The summed E-state index contributed by atoms with van der Waals surface area (Å²) in [5.74, 6) is 0.420. The Bertz CT molecular complexity index is 932. The molecule has 2 aromatic carbocycles. The Morgan fingerprint density at radius 2 is 2.00 bits per heavy atom. The number of rotatable bonds is 2. The van der Waals surface area contributed by atoms with Gasteiger partial charge in [-0.1, -0.05) is 38.1 Å². The maximum Gasteiger partial charge on any atom is 0.322 e. The smallest absolute Gasteiger partial charge is 0.320 e. The van der Waals surface area contributed by atoms with Gasteiger partial charge in [-0.25, -0.2) is 9.78 Å². The van der Waals surface area contributed by atoms with Crippen molar-refractivity contribution in [3.8, 4) is 0 Å². The van der Waals surface area contributed by atoms with Gasteiger partial charge in [0, 0.05) is 24.7 Å². The molecule has 1 aliphatic heterocycles. The van der Waals surface area contributed by atoms with Crippen LogP contribution in [0, 0.1) is 0 Å². The molecule has 0 fully saturated rings. The van der Waals surface area contributed by atoms with E-state index in [0.717, 1.165) is 33.9 Å². The van der Waals surface area contributed by atoms with Crippen LogP contribution in [0.2, 0.25) is 0 Å². The number of hydrogen-bond acceptors (Lipinski definition) is 3. The van der Waals surface area contributed by atoms with Crippen molar-refractivity contribution in [3.63, 3.8) is 0 Å². The lowest BCUT2D eigenvalue weighted by atomic mass is 10.0. The summed E-state index contributed by atoms with van der Waals surface area (Å²) in [5, 5.41) is 4.17. The number of urea groups is 1. The van der Waals surface area contributed by atoms with E-state index in [1.807, 2.05) is 29.2 Å². The van der Waals surface area contributed by atoms with Gasteiger partial charge in [0.15, 0.2) is 0 Å². The second-order valence-corrected chi connectivity index (χ2v) is 7.82. The molecule has 3 aromatic rings. The molecule has 0 aliphatic carbocycles. The lowest BCUT2D eigenvalue weighted by molar-refractivity contribution is 0.206. The first kappa shape index (κ1) is 16.1. The van der Waals surface area contributed by atoms with Crippen LogP contribution in [0.15, 0.2) is 42.5 Å². The van der Waals surface area contributed by atoms with Crippen LogP contribution in [-0.4, -0.2) is 22.5 Å². The Morgan fingerprint density at radius 3 is 2.80 bits per heavy atom. The van der Waals surface area contributed by atoms with Crippen LogP contribution in [-0.2, 0) is 13.0 Å². The number of amides is 2. The minimum atomic E-state index is -0.0394. The van der Waals surface area contributed by atoms with Crippen molar-refractivity contribution in [2.24, 2.45) is 0 Å². The third-order valence-electron chi connectivity index (χ3n) is 4.57. The monoisotopic (exact) mass is 351 g/mol. The lowest BCUT2D eigenvalue weighted by Crippen LogP contribution is -2.38. The first-order valence-electron chi connectivity index (χ1n) is 8.63. The van der Waals surface area contributed by atoms with Crippen LogP contribution in [0.1, 0.15) is 35.9 Å². The average Bonchev–Trinajstić information content (AvgIpc) is 3.05. The summed E-state index contributed by atoms with van der Waals surface area (Å²) < 4.78 is 1.12. The summed E-state index contributed by atoms with van der Waals surface area (Å²) in [6, 6.07) is 14.2. The molecule has 1 aromatic heterocycles. The zero-order valence-electron chi connectivity index (χ0n) is 14.5. The summed E-state index contributed by atoms with van der Waals surface area (Å²) in [4.78, 5) is 19.1. The highest BCUT2D eigenvalue weighted by Crippen LogP contribution is 2.29. The van der Waals surface area contributed by atoms with Crippen LogP contribution in [0.4, 0.5) is 10.5 Å². The number of nitrogens with zero attached hydrogens (tertiary/aromatic N) is 2. The number of anilines is 1. The summed E-state index contributed by atoms with van der Waals surface area (Å²) in [6.45, 7) is 5.72. The van der Waals surface area contributed by atoms with Crippen molar-refractivity contribution in [3.05, 3.63) is 58.6 Å². The van der Waals surface area contributed by atoms with Crippen LogP contribution < -0.4 is 5.32 Å². The first-order valence-corrected chi connectivity index (χ1v) is 9.45. The molecule has 2 heterocycles. The molecule has 0 atom stereocenters. The number of carbonyl (C=O) groups is 1. The summed E-state index contributed by atoms with van der Waals surface area (Å²) >= 11 is 1.70. The molecule has 0 saturated heterocycles. The topological polar surface area (TPSA) is 45.2 Å². The number of nitrogens with one attached hydrogen (secondary N) is 1. The summed E-state index contributed by atoms with van der Waals surface area (Å²) in [6.07, 6.45) is 0.912. The molecule has 0 unspecified atom stereocenters. The zero-order chi connectivity index (χ0) is 17.4. The largest absolute Gasteiger partial charge is 0.322 e. The zero-order valence-corrected chi connectivity index (χ0v) is 15.3. The van der Waals surface area contributed by atoms with Gasteiger partial charge < -0.3 is 10.2 Å². The van der Waals surface area contributed by atoms with Crippen molar-refractivity contribution >= 4 is 33.3 Å². The highest BCUT2D eigenvalue weighted by atomic mass is 32.1. The van der Waals surface area contributed by atoms with E-state index >= 15 is 0 Å². The fraction of sp³-hybridized carbons (Fsp3) is 0.300. The van der Waals surface area contributed by atoms with E-state index in [4.69, 9.17) is 0 Å². The van der Waals surface area contributed by atoms with Crippen LogP contribution in [0.25, 0.3) is 10.2 Å². The van der Waals surface area contributed by atoms with Gasteiger partial charge in [0.2, 0.25) is 0 Å². The third kappa shape index (κ3) is 3.24. The van der Waals surface area contributed by atoms with Crippen molar-refractivity contribution in [1.29, 1.82) is 0 Å². The van der Waals surface area contributed by atoms with Crippen molar-refractivity contribution in [2.45, 2.75) is 32.7 Å². The molecule has 1 aliphatic rings. The molecule has 4 rings (SSSR count). The molecule has 0 saturated carbocycles. The van der Waals surface area contributed by atoms with E-state index in [2.05, 4.69) is 42.3 Å². The summed E-state index contributed by atoms with van der Waals surface area (Å²) in [7, 11) is 0. The lowest BCUT2D eigenvalue weighted by Gasteiger charge is -2.28. The maximum atomic E-state index is 12.6. The van der Waals surface area contributed by atoms with E-state index in [1.54, 1.807) is 11.3 Å². The highest BCUT2D eigenvalue weighted by Gasteiger charge is 2.20. The van der Waals surface area contributed by atoms with Crippen molar-refractivity contribution in [1.82, 2.24) is 9.88 Å². The highest BCUT2D eigenvalue weighted by molar-refractivity contribution is 7.18. The Morgan fingerprint density at radius 1 is 1.20 bits per heavy atom. The number of benzene rings is 2. The predicted molar refractivity (Wildman–Crippen MR) is 103 cm³/mol. The normalized spacial score (nSPS) is 14.0. The Balaban J connectivity index is 1.50. The van der Waals surface area contributed by atoms with Gasteiger partial charge in [0.1, 0.15) is 0 Å². The Kier molecular flexibility index (Phi) is 4.17. The van der Waals surface area contributed by atoms with Crippen molar-refractivity contribution < 1.29 is 4.79 Å². The first-order chi connectivity index (χ1) is 12.1. The maximum absolute atomic E-state index is 12.6. The third-order valence-corrected chi connectivity index (χ3v) is 5.89. The molecule has 1 N–H and O–H groups in total.